The third-order valence-corrected chi connectivity index (χ3v) is 2.54. The maximum Gasteiger partial charge on any atom is 0.144 e. The Balaban J connectivity index is 0.000000980. The van der Waals surface area contributed by atoms with Crippen molar-refractivity contribution in [1.29, 1.82) is 0 Å². The highest BCUT2D eigenvalue weighted by Gasteiger charge is 2.30. The van der Waals surface area contributed by atoms with Crippen molar-refractivity contribution in [2.75, 3.05) is 0 Å². The zero-order valence-corrected chi connectivity index (χ0v) is 8.85. The van der Waals surface area contributed by atoms with Gasteiger partial charge < -0.3 is 5.73 Å². The zero-order chi connectivity index (χ0) is 9.42. The summed E-state index contributed by atoms with van der Waals surface area (Å²) in [5, 5.41) is 0. The number of aryl methyl sites for hydroxylation is 1. The lowest BCUT2D eigenvalue weighted by atomic mass is 10.1. The number of hydrogen-bond acceptors (Lipinski definition) is 2. The first kappa shape index (κ1) is 11.4. The Bertz CT molecular complexity index is 326. The highest BCUT2D eigenvalue weighted by Crippen LogP contribution is 2.38. The van der Waals surface area contributed by atoms with E-state index in [0.29, 0.717) is 11.5 Å². The van der Waals surface area contributed by atoms with Crippen molar-refractivity contribution in [1.82, 2.24) is 4.98 Å². The van der Waals surface area contributed by atoms with E-state index in [0.717, 1.165) is 5.69 Å². The Morgan fingerprint density at radius 3 is 2.71 bits per heavy atom. The van der Waals surface area contributed by atoms with E-state index in [1.54, 1.807) is 13.0 Å². The maximum absolute atomic E-state index is 12.9. The zero-order valence-electron chi connectivity index (χ0n) is 8.03. The summed E-state index contributed by atoms with van der Waals surface area (Å²) in [5.74, 6) is 0.309. The molecule has 14 heavy (non-hydrogen) atoms. The molecular formula is C10H14ClFN2. The first-order chi connectivity index (χ1) is 6.18. The Hall–Kier alpha value is -0.670. The van der Waals surface area contributed by atoms with Gasteiger partial charge in [0.05, 0.1) is 11.9 Å². The number of hydrogen-bond donors (Lipinski definition) is 1. The van der Waals surface area contributed by atoms with Crippen molar-refractivity contribution >= 4 is 12.4 Å². The molecule has 78 valence electrons. The van der Waals surface area contributed by atoms with E-state index >= 15 is 0 Å². The van der Waals surface area contributed by atoms with Crippen molar-refractivity contribution in [3.63, 3.8) is 0 Å². The molecule has 1 fully saturated rings. The van der Waals surface area contributed by atoms with Crippen molar-refractivity contribution in [2.24, 2.45) is 11.7 Å². The Labute approximate surface area is 89.1 Å². The lowest BCUT2D eigenvalue weighted by Crippen LogP contribution is -2.14. The van der Waals surface area contributed by atoms with Gasteiger partial charge in [-0.2, -0.15) is 0 Å². The monoisotopic (exact) mass is 216 g/mol. The summed E-state index contributed by atoms with van der Waals surface area (Å²) in [4.78, 5) is 4.00. The van der Waals surface area contributed by atoms with Crippen LogP contribution in [0.3, 0.4) is 0 Å². The van der Waals surface area contributed by atoms with Crippen molar-refractivity contribution in [3.05, 3.63) is 29.3 Å². The summed E-state index contributed by atoms with van der Waals surface area (Å²) >= 11 is 0. The van der Waals surface area contributed by atoms with Gasteiger partial charge in [0.25, 0.3) is 0 Å². The highest BCUT2D eigenvalue weighted by atomic mass is 35.5. The van der Waals surface area contributed by atoms with E-state index < -0.39 is 0 Å². The number of pyridine rings is 1. The molecule has 0 bridgehead atoms. The molecule has 2 rings (SSSR count). The van der Waals surface area contributed by atoms with Crippen LogP contribution in [0, 0.1) is 18.7 Å². The van der Waals surface area contributed by atoms with Crippen LogP contribution in [0.5, 0.6) is 0 Å². The molecule has 1 atom stereocenters. The Morgan fingerprint density at radius 1 is 1.57 bits per heavy atom. The van der Waals surface area contributed by atoms with Gasteiger partial charge in [-0.1, -0.05) is 0 Å². The molecule has 1 aromatic heterocycles. The van der Waals surface area contributed by atoms with Crippen molar-refractivity contribution < 1.29 is 4.39 Å². The summed E-state index contributed by atoms with van der Waals surface area (Å²) < 4.78 is 12.9. The van der Waals surface area contributed by atoms with Crippen LogP contribution in [0.4, 0.5) is 4.39 Å². The number of nitrogens with zero attached hydrogens (tertiary/aromatic N) is 1. The smallest absolute Gasteiger partial charge is 0.144 e. The van der Waals surface area contributed by atoms with Crippen LogP contribution < -0.4 is 5.73 Å². The summed E-state index contributed by atoms with van der Waals surface area (Å²) in [7, 11) is 0. The SMILES string of the molecule is Cc1cc(C(N)C2CC2)ncc1F.Cl. The fraction of sp³-hybridized carbons (Fsp3) is 0.500. The molecule has 1 aliphatic rings. The van der Waals surface area contributed by atoms with E-state index in [-0.39, 0.29) is 24.3 Å². The first-order valence-corrected chi connectivity index (χ1v) is 4.56. The van der Waals surface area contributed by atoms with Gasteiger partial charge >= 0.3 is 0 Å². The second-order valence-corrected chi connectivity index (χ2v) is 3.72. The Morgan fingerprint density at radius 2 is 2.21 bits per heavy atom. The molecule has 0 spiro atoms. The van der Waals surface area contributed by atoms with E-state index in [2.05, 4.69) is 4.98 Å². The average molecular weight is 217 g/mol. The van der Waals surface area contributed by atoms with Gasteiger partial charge in [-0.05, 0) is 37.3 Å². The lowest BCUT2D eigenvalue weighted by molar-refractivity contribution is 0.585. The van der Waals surface area contributed by atoms with Crippen LogP contribution in [0.25, 0.3) is 0 Å². The molecule has 1 heterocycles. The van der Waals surface area contributed by atoms with Crippen molar-refractivity contribution in [2.45, 2.75) is 25.8 Å². The summed E-state index contributed by atoms with van der Waals surface area (Å²) in [6.07, 6.45) is 3.62. The number of aromatic nitrogens is 1. The molecule has 0 saturated heterocycles. The highest BCUT2D eigenvalue weighted by molar-refractivity contribution is 5.85. The van der Waals surface area contributed by atoms with Gasteiger partial charge in [-0.25, -0.2) is 4.39 Å². The van der Waals surface area contributed by atoms with E-state index in [4.69, 9.17) is 5.73 Å². The van der Waals surface area contributed by atoms with Crippen LogP contribution in [-0.2, 0) is 0 Å². The van der Waals surface area contributed by atoms with E-state index in [1.807, 2.05) is 0 Å². The van der Waals surface area contributed by atoms with Crippen LogP contribution in [0.1, 0.15) is 30.1 Å². The fourth-order valence-electron chi connectivity index (χ4n) is 1.44. The predicted octanol–water partition coefficient (Wildman–Crippen LogP) is 2.36. The molecule has 1 aromatic rings. The minimum Gasteiger partial charge on any atom is -0.322 e. The standard InChI is InChI=1S/C10H13FN2.ClH/c1-6-4-9(13-5-8(6)11)10(12)7-2-3-7;/h4-5,7,10H,2-3,12H2,1H3;1H. The van der Waals surface area contributed by atoms with Crippen LogP contribution in [0.15, 0.2) is 12.3 Å². The molecule has 2 nitrogen and oxygen atoms in total. The molecule has 0 aliphatic heterocycles. The molecule has 1 aliphatic carbocycles. The lowest BCUT2D eigenvalue weighted by Gasteiger charge is -2.09. The molecule has 0 radical (unpaired) electrons. The third kappa shape index (κ3) is 2.22. The normalized spacial score (nSPS) is 17.4. The Kier molecular flexibility index (Phi) is 3.45. The molecule has 0 aromatic carbocycles. The van der Waals surface area contributed by atoms with E-state index in [1.165, 1.54) is 19.0 Å². The fourth-order valence-corrected chi connectivity index (χ4v) is 1.44. The third-order valence-electron chi connectivity index (χ3n) is 2.54. The van der Waals surface area contributed by atoms with Gasteiger partial charge in [0.2, 0.25) is 0 Å². The predicted molar refractivity (Wildman–Crippen MR) is 55.8 cm³/mol. The molecule has 1 unspecified atom stereocenters. The van der Waals surface area contributed by atoms with Crippen LogP contribution in [-0.4, -0.2) is 4.98 Å². The number of nitrogens with two attached hydrogens (primary N) is 1. The van der Waals surface area contributed by atoms with Crippen LogP contribution in [0.2, 0.25) is 0 Å². The minimum absolute atomic E-state index is 0. The van der Waals surface area contributed by atoms with Crippen LogP contribution >= 0.6 is 12.4 Å². The average Bonchev–Trinajstić information content (AvgIpc) is 2.91. The number of rotatable bonds is 2. The van der Waals surface area contributed by atoms with Gasteiger partial charge in [-0.3, -0.25) is 4.98 Å². The maximum atomic E-state index is 12.9. The molecule has 1 saturated carbocycles. The first-order valence-electron chi connectivity index (χ1n) is 4.56. The van der Waals surface area contributed by atoms with Gasteiger partial charge in [-0.15, -0.1) is 12.4 Å². The summed E-state index contributed by atoms with van der Waals surface area (Å²) in [6.45, 7) is 1.74. The summed E-state index contributed by atoms with van der Waals surface area (Å²) in [6, 6.07) is 1.75. The van der Waals surface area contributed by atoms with E-state index in [9.17, 15) is 4.39 Å². The van der Waals surface area contributed by atoms with Gasteiger partial charge in [0.15, 0.2) is 0 Å². The number of halogens is 2. The quantitative estimate of drug-likeness (QED) is 0.825. The molecule has 2 N–H and O–H groups in total. The molecule has 0 amide bonds. The second-order valence-electron chi connectivity index (χ2n) is 3.72. The minimum atomic E-state index is -0.258. The van der Waals surface area contributed by atoms with Gasteiger partial charge in [0.1, 0.15) is 5.82 Å². The van der Waals surface area contributed by atoms with Gasteiger partial charge in [0, 0.05) is 6.04 Å². The summed E-state index contributed by atoms with van der Waals surface area (Å²) in [5.41, 5.74) is 7.38. The topological polar surface area (TPSA) is 38.9 Å². The molecule has 4 heteroatoms. The van der Waals surface area contributed by atoms with Crippen molar-refractivity contribution in [3.8, 4) is 0 Å². The second kappa shape index (κ2) is 4.24. The molecular weight excluding hydrogens is 203 g/mol. The largest absolute Gasteiger partial charge is 0.322 e.